The zero-order valence-corrected chi connectivity index (χ0v) is 16.1. The smallest absolute Gasteiger partial charge is 0.258 e. The fourth-order valence-electron chi connectivity index (χ4n) is 3.75. The van der Waals surface area contributed by atoms with Crippen LogP contribution in [0.3, 0.4) is 0 Å². The van der Waals surface area contributed by atoms with Crippen molar-refractivity contribution in [3.8, 4) is 23.0 Å². The lowest BCUT2D eigenvalue weighted by Crippen LogP contribution is -2.24. The maximum atomic E-state index is 12.5. The van der Waals surface area contributed by atoms with Gasteiger partial charge in [-0.25, -0.2) is 0 Å². The van der Waals surface area contributed by atoms with Gasteiger partial charge >= 0.3 is 0 Å². The lowest BCUT2D eigenvalue weighted by Gasteiger charge is -2.16. The molecule has 0 aliphatic carbocycles. The molecule has 1 saturated heterocycles. The molecule has 1 unspecified atom stereocenters. The number of benzene rings is 2. The summed E-state index contributed by atoms with van der Waals surface area (Å²) >= 11 is 0. The second-order valence-corrected chi connectivity index (χ2v) is 7.37. The average Bonchev–Trinajstić information content (AvgIpc) is 3.48. The van der Waals surface area contributed by atoms with Crippen LogP contribution in [-0.2, 0) is 17.8 Å². The van der Waals surface area contributed by atoms with Gasteiger partial charge in [0.2, 0.25) is 12.7 Å². The van der Waals surface area contributed by atoms with Gasteiger partial charge in [0.05, 0.1) is 0 Å². The number of aromatic nitrogens is 2. The summed E-state index contributed by atoms with van der Waals surface area (Å²) in [7, 11) is 0. The van der Waals surface area contributed by atoms with E-state index in [9.17, 15) is 4.79 Å². The third-order valence-electron chi connectivity index (χ3n) is 5.45. The van der Waals surface area contributed by atoms with Crippen LogP contribution in [0.5, 0.6) is 11.5 Å². The van der Waals surface area contributed by atoms with Crippen LogP contribution in [0, 0.1) is 0 Å². The summed E-state index contributed by atoms with van der Waals surface area (Å²) in [5, 5.41) is 4.13. The normalized spacial score (nSPS) is 17.9. The molecule has 2 aromatic carbocycles. The number of ether oxygens (including phenoxy) is 2. The van der Waals surface area contributed by atoms with E-state index in [1.807, 2.05) is 23.1 Å². The van der Waals surface area contributed by atoms with E-state index in [-0.39, 0.29) is 18.6 Å². The zero-order valence-electron chi connectivity index (χ0n) is 16.1. The molecule has 1 fully saturated rings. The summed E-state index contributed by atoms with van der Waals surface area (Å²) in [6.07, 6.45) is 1.40. The molecule has 5 rings (SSSR count). The van der Waals surface area contributed by atoms with Crippen LogP contribution in [0.4, 0.5) is 0 Å². The molecule has 7 nitrogen and oxygen atoms in total. The van der Waals surface area contributed by atoms with E-state index in [1.165, 1.54) is 5.56 Å². The van der Waals surface area contributed by atoms with Gasteiger partial charge in [-0.2, -0.15) is 4.98 Å². The topological polar surface area (TPSA) is 77.7 Å². The van der Waals surface area contributed by atoms with Gasteiger partial charge in [-0.1, -0.05) is 36.3 Å². The number of likely N-dealkylation sites (tertiary alicyclic amines) is 1. The highest BCUT2D eigenvalue weighted by Crippen LogP contribution is 2.36. The van der Waals surface area contributed by atoms with E-state index >= 15 is 0 Å². The highest BCUT2D eigenvalue weighted by Gasteiger charge is 2.34. The molecule has 148 valence electrons. The summed E-state index contributed by atoms with van der Waals surface area (Å²) in [5.41, 5.74) is 3.19. The Balaban J connectivity index is 1.29. The fraction of sp³-hybridized carbons (Fsp3) is 0.318. The van der Waals surface area contributed by atoms with E-state index in [4.69, 9.17) is 14.0 Å². The van der Waals surface area contributed by atoms with Crippen LogP contribution >= 0.6 is 0 Å². The van der Waals surface area contributed by atoms with Crippen LogP contribution in [0.2, 0.25) is 0 Å². The fourth-order valence-corrected chi connectivity index (χ4v) is 3.75. The Morgan fingerprint density at radius 1 is 1.07 bits per heavy atom. The molecule has 1 aromatic heterocycles. The molecular weight excluding hydrogens is 370 g/mol. The SMILES string of the molecule is CCc1ccc(CN2CC(c3noc(-c4ccc5c(c4)OCO5)n3)CC2=O)cc1. The molecule has 0 bridgehead atoms. The standard InChI is InChI=1S/C22H21N3O4/c1-2-14-3-5-15(6-4-14)11-25-12-17(10-20(25)26)21-23-22(29-24-21)16-7-8-18-19(9-16)28-13-27-18/h3-9,17H,2,10-13H2,1H3. The number of nitrogens with zero attached hydrogens (tertiary/aromatic N) is 3. The number of hydrogen-bond acceptors (Lipinski definition) is 6. The molecule has 0 radical (unpaired) electrons. The molecule has 7 heteroatoms. The van der Waals surface area contributed by atoms with E-state index in [1.54, 1.807) is 0 Å². The Kier molecular flexibility index (Phi) is 4.42. The van der Waals surface area contributed by atoms with Crippen molar-refractivity contribution < 1.29 is 18.8 Å². The minimum atomic E-state index is -0.0658. The Morgan fingerprint density at radius 2 is 1.86 bits per heavy atom. The summed E-state index contributed by atoms with van der Waals surface area (Å²) < 4.78 is 16.2. The zero-order chi connectivity index (χ0) is 19.8. The van der Waals surface area contributed by atoms with Crippen molar-refractivity contribution >= 4 is 5.91 Å². The highest BCUT2D eigenvalue weighted by atomic mass is 16.7. The molecule has 29 heavy (non-hydrogen) atoms. The minimum Gasteiger partial charge on any atom is -0.454 e. The predicted molar refractivity (Wildman–Crippen MR) is 104 cm³/mol. The number of fused-ring (bicyclic) bond motifs is 1. The van der Waals surface area contributed by atoms with E-state index in [0.717, 1.165) is 17.5 Å². The van der Waals surface area contributed by atoms with Crippen LogP contribution in [0.15, 0.2) is 47.0 Å². The van der Waals surface area contributed by atoms with Crippen molar-refractivity contribution in [1.82, 2.24) is 15.0 Å². The molecular formula is C22H21N3O4. The van der Waals surface area contributed by atoms with E-state index in [2.05, 4.69) is 41.3 Å². The van der Waals surface area contributed by atoms with Crippen molar-refractivity contribution in [2.75, 3.05) is 13.3 Å². The number of hydrogen-bond donors (Lipinski definition) is 0. The molecule has 2 aliphatic rings. The Morgan fingerprint density at radius 3 is 2.69 bits per heavy atom. The monoisotopic (exact) mass is 391 g/mol. The molecule has 2 aliphatic heterocycles. The number of carbonyl (C=O) groups is 1. The quantitative estimate of drug-likeness (QED) is 0.662. The Bertz CT molecular complexity index is 1040. The maximum Gasteiger partial charge on any atom is 0.258 e. The molecule has 3 heterocycles. The van der Waals surface area contributed by atoms with Crippen molar-refractivity contribution in [3.63, 3.8) is 0 Å². The lowest BCUT2D eigenvalue weighted by atomic mass is 10.1. The third kappa shape index (κ3) is 3.44. The van der Waals surface area contributed by atoms with Crippen LogP contribution in [0.1, 0.15) is 36.2 Å². The molecule has 3 aromatic rings. The Labute approximate surface area is 168 Å². The van der Waals surface area contributed by atoms with Gasteiger partial charge in [-0.15, -0.1) is 0 Å². The maximum absolute atomic E-state index is 12.5. The minimum absolute atomic E-state index is 0.0658. The van der Waals surface area contributed by atoms with Gasteiger partial charge in [-0.05, 0) is 35.7 Å². The lowest BCUT2D eigenvalue weighted by molar-refractivity contribution is -0.128. The molecule has 1 atom stereocenters. The van der Waals surface area contributed by atoms with Gasteiger partial charge in [-0.3, -0.25) is 4.79 Å². The first kappa shape index (κ1) is 17.7. The van der Waals surface area contributed by atoms with Crippen LogP contribution in [0.25, 0.3) is 11.5 Å². The average molecular weight is 391 g/mol. The van der Waals surface area contributed by atoms with Crippen LogP contribution < -0.4 is 9.47 Å². The van der Waals surface area contributed by atoms with Crippen molar-refractivity contribution in [1.29, 1.82) is 0 Å². The number of amides is 1. The van der Waals surface area contributed by atoms with Gasteiger partial charge in [0.1, 0.15) is 0 Å². The van der Waals surface area contributed by atoms with E-state index in [0.29, 0.717) is 42.7 Å². The first-order valence-corrected chi connectivity index (χ1v) is 9.79. The van der Waals surface area contributed by atoms with Gasteiger partial charge in [0.15, 0.2) is 17.3 Å². The second kappa shape index (κ2) is 7.24. The largest absolute Gasteiger partial charge is 0.454 e. The predicted octanol–water partition coefficient (Wildman–Crippen LogP) is 3.54. The molecule has 1 amide bonds. The second-order valence-electron chi connectivity index (χ2n) is 7.37. The highest BCUT2D eigenvalue weighted by molar-refractivity contribution is 5.79. The first-order valence-electron chi connectivity index (χ1n) is 9.79. The molecule has 0 spiro atoms. The first-order chi connectivity index (χ1) is 14.2. The number of carbonyl (C=O) groups excluding carboxylic acids is 1. The summed E-state index contributed by atoms with van der Waals surface area (Å²) in [5.74, 6) is 2.40. The van der Waals surface area contributed by atoms with Crippen molar-refractivity contribution in [2.24, 2.45) is 0 Å². The summed E-state index contributed by atoms with van der Waals surface area (Å²) in [6, 6.07) is 13.9. The van der Waals surface area contributed by atoms with Crippen molar-refractivity contribution in [3.05, 3.63) is 59.4 Å². The van der Waals surface area contributed by atoms with Gasteiger partial charge < -0.3 is 18.9 Å². The summed E-state index contributed by atoms with van der Waals surface area (Å²) in [6.45, 7) is 3.54. The van der Waals surface area contributed by atoms with Crippen molar-refractivity contribution in [2.45, 2.75) is 32.2 Å². The van der Waals surface area contributed by atoms with Gasteiger partial charge in [0, 0.05) is 31.0 Å². The number of rotatable bonds is 5. The third-order valence-corrected chi connectivity index (χ3v) is 5.45. The van der Waals surface area contributed by atoms with E-state index < -0.39 is 0 Å². The van der Waals surface area contributed by atoms with Gasteiger partial charge in [0.25, 0.3) is 5.89 Å². The van der Waals surface area contributed by atoms with Crippen LogP contribution in [-0.4, -0.2) is 34.3 Å². The Hall–Kier alpha value is -3.35. The molecule has 0 saturated carbocycles. The molecule has 0 N–H and O–H groups in total. The summed E-state index contributed by atoms with van der Waals surface area (Å²) in [4.78, 5) is 18.9. The number of aryl methyl sites for hydroxylation is 1.